The molecule has 1 aromatic rings. The van der Waals surface area contributed by atoms with Crippen LogP contribution < -0.4 is 0 Å². The molecule has 2 fully saturated rings. The third-order valence-corrected chi connectivity index (χ3v) is 6.11. The standard InChI is InChI=1S/C21H28F2N2O3.ClH/c22-20(23)10-6-18(14-20)21(27,17-4-2-1-3-5-17)19(26)28-13-9-16-7-11-25(15-24)12-8-16;/h1-5,15-16,18,24,27H,6-14H2;1H/t18-,21+;/m1./s1. The zero-order valence-corrected chi connectivity index (χ0v) is 17.2. The largest absolute Gasteiger partial charge is 0.463 e. The molecule has 1 aromatic carbocycles. The van der Waals surface area contributed by atoms with Crippen molar-refractivity contribution in [3.8, 4) is 0 Å². The van der Waals surface area contributed by atoms with Gasteiger partial charge < -0.3 is 14.7 Å². The maximum absolute atomic E-state index is 13.8. The van der Waals surface area contributed by atoms with Crippen LogP contribution in [-0.4, -0.2) is 47.9 Å². The summed E-state index contributed by atoms with van der Waals surface area (Å²) in [5, 5.41) is 18.5. The average Bonchev–Trinajstić information content (AvgIpc) is 3.08. The molecule has 8 heteroatoms. The fraction of sp³-hybridized carbons (Fsp3) is 0.619. The normalized spacial score (nSPS) is 23.7. The smallest absolute Gasteiger partial charge is 0.343 e. The van der Waals surface area contributed by atoms with E-state index in [1.165, 1.54) is 6.34 Å². The highest BCUT2D eigenvalue weighted by Gasteiger charge is 2.54. The molecule has 3 rings (SSSR count). The molecule has 2 atom stereocenters. The first-order valence-electron chi connectivity index (χ1n) is 9.93. The van der Waals surface area contributed by atoms with Crippen LogP contribution in [-0.2, 0) is 15.1 Å². The summed E-state index contributed by atoms with van der Waals surface area (Å²) in [6.07, 6.45) is 3.09. The van der Waals surface area contributed by atoms with Gasteiger partial charge in [-0.3, -0.25) is 5.41 Å². The van der Waals surface area contributed by atoms with Crippen LogP contribution in [0.5, 0.6) is 0 Å². The first kappa shape index (κ1) is 23.5. The number of hydrogen-bond donors (Lipinski definition) is 2. The number of nitrogens with one attached hydrogen (secondary N) is 1. The Hall–Kier alpha value is -1.73. The van der Waals surface area contributed by atoms with Crippen molar-refractivity contribution in [2.45, 2.75) is 50.0 Å². The summed E-state index contributed by atoms with van der Waals surface area (Å²) < 4.78 is 33.0. The van der Waals surface area contributed by atoms with E-state index in [4.69, 9.17) is 10.1 Å². The molecule has 2 aliphatic rings. The number of rotatable bonds is 7. The maximum atomic E-state index is 13.8. The quantitative estimate of drug-likeness (QED) is 0.390. The van der Waals surface area contributed by atoms with Gasteiger partial charge in [0.25, 0.3) is 0 Å². The van der Waals surface area contributed by atoms with Gasteiger partial charge >= 0.3 is 5.97 Å². The molecular formula is C21H29ClF2N2O3. The Bertz CT molecular complexity index is 684. The number of carbonyl (C=O) groups excluding carboxylic acids is 1. The van der Waals surface area contributed by atoms with Crippen molar-refractivity contribution >= 4 is 24.7 Å². The molecule has 1 saturated carbocycles. The first-order chi connectivity index (χ1) is 13.3. The van der Waals surface area contributed by atoms with Crippen molar-refractivity contribution in [3.05, 3.63) is 35.9 Å². The Labute approximate surface area is 176 Å². The maximum Gasteiger partial charge on any atom is 0.343 e. The number of nitrogens with zero attached hydrogens (tertiary/aromatic N) is 1. The van der Waals surface area contributed by atoms with Gasteiger partial charge in [0.05, 0.1) is 12.9 Å². The van der Waals surface area contributed by atoms with Crippen molar-refractivity contribution < 1.29 is 23.4 Å². The number of alkyl halides is 2. The molecule has 5 nitrogen and oxygen atoms in total. The molecule has 0 aromatic heterocycles. The predicted octanol–water partition coefficient (Wildman–Crippen LogP) is 3.98. The summed E-state index contributed by atoms with van der Waals surface area (Å²) in [7, 11) is 0. The Balaban J connectivity index is 0.00000300. The van der Waals surface area contributed by atoms with Crippen LogP contribution >= 0.6 is 12.4 Å². The van der Waals surface area contributed by atoms with E-state index < -0.39 is 29.8 Å². The number of esters is 1. The summed E-state index contributed by atoms with van der Waals surface area (Å²) in [4.78, 5) is 14.8. The van der Waals surface area contributed by atoms with E-state index in [0.29, 0.717) is 17.9 Å². The molecule has 1 saturated heterocycles. The highest BCUT2D eigenvalue weighted by Crippen LogP contribution is 2.47. The highest BCUT2D eigenvalue weighted by molar-refractivity contribution is 5.85. The molecule has 0 bridgehead atoms. The van der Waals surface area contributed by atoms with Gasteiger partial charge in [0, 0.05) is 31.8 Å². The molecule has 162 valence electrons. The van der Waals surface area contributed by atoms with Crippen LogP contribution in [0, 0.1) is 17.2 Å². The van der Waals surface area contributed by atoms with Crippen molar-refractivity contribution in [1.29, 1.82) is 5.41 Å². The number of aliphatic hydroxyl groups is 1. The van der Waals surface area contributed by atoms with Gasteiger partial charge in [-0.05, 0) is 37.2 Å². The minimum Gasteiger partial charge on any atom is -0.463 e. The number of piperidine rings is 1. The van der Waals surface area contributed by atoms with Crippen LogP contribution in [0.15, 0.2) is 30.3 Å². The van der Waals surface area contributed by atoms with Crippen LogP contribution in [0.3, 0.4) is 0 Å². The lowest BCUT2D eigenvalue weighted by Crippen LogP contribution is -2.44. The lowest BCUT2D eigenvalue weighted by molar-refractivity contribution is -0.175. The minimum atomic E-state index is -2.86. The molecule has 0 unspecified atom stereocenters. The van der Waals surface area contributed by atoms with Gasteiger partial charge in [-0.25, -0.2) is 13.6 Å². The van der Waals surface area contributed by atoms with E-state index in [-0.39, 0.29) is 31.9 Å². The minimum absolute atomic E-state index is 0. The molecule has 1 aliphatic heterocycles. The fourth-order valence-corrected chi connectivity index (χ4v) is 4.32. The van der Waals surface area contributed by atoms with Crippen molar-refractivity contribution in [2.24, 2.45) is 11.8 Å². The van der Waals surface area contributed by atoms with Crippen LogP contribution in [0.1, 0.15) is 44.1 Å². The lowest BCUT2D eigenvalue weighted by atomic mass is 9.80. The van der Waals surface area contributed by atoms with Crippen molar-refractivity contribution in [1.82, 2.24) is 4.90 Å². The summed E-state index contributed by atoms with van der Waals surface area (Å²) in [5.41, 5.74) is -1.74. The Kier molecular flexibility index (Phi) is 8.00. The topological polar surface area (TPSA) is 73.6 Å². The molecule has 0 radical (unpaired) electrons. The number of ether oxygens (including phenoxy) is 1. The predicted molar refractivity (Wildman–Crippen MR) is 109 cm³/mol. The average molecular weight is 431 g/mol. The summed E-state index contributed by atoms with van der Waals surface area (Å²) in [5.74, 6) is -4.17. The Morgan fingerprint density at radius 1 is 1.28 bits per heavy atom. The second-order valence-electron chi connectivity index (χ2n) is 7.96. The van der Waals surface area contributed by atoms with E-state index >= 15 is 0 Å². The van der Waals surface area contributed by atoms with Gasteiger partial charge in [-0.2, -0.15) is 0 Å². The molecule has 29 heavy (non-hydrogen) atoms. The molecule has 1 heterocycles. The number of halogens is 3. The van der Waals surface area contributed by atoms with Crippen LogP contribution in [0.25, 0.3) is 0 Å². The zero-order chi connectivity index (χ0) is 20.2. The molecule has 2 N–H and O–H groups in total. The van der Waals surface area contributed by atoms with Crippen LogP contribution in [0.4, 0.5) is 8.78 Å². The number of carbonyl (C=O) groups is 1. The molecular weight excluding hydrogens is 402 g/mol. The number of benzene rings is 1. The summed E-state index contributed by atoms with van der Waals surface area (Å²) in [6.45, 7) is 1.78. The Morgan fingerprint density at radius 3 is 2.48 bits per heavy atom. The number of likely N-dealkylation sites (tertiary alicyclic amines) is 1. The summed E-state index contributed by atoms with van der Waals surface area (Å²) >= 11 is 0. The number of hydrogen-bond acceptors (Lipinski definition) is 4. The SMILES string of the molecule is Cl.N=CN1CCC(CCOC(=O)[C@](O)(c2ccccc2)[C@@H]2CCC(F)(F)C2)CC1. The third kappa shape index (κ3) is 5.45. The van der Waals surface area contributed by atoms with Crippen molar-refractivity contribution in [3.63, 3.8) is 0 Å². The first-order valence-corrected chi connectivity index (χ1v) is 9.93. The third-order valence-electron chi connectivity index (χ3n) is 6.11. The monoisotopic (exact) mass is 430 g/mol. The Morgan fingerprint density at radius 2 is 1.93 bits per heavy atom. The van der Waals surface area contributed by atoms with Gasteiger partial charge in [0.1, 0.15) is 0 Å². The highest BCUT2D eigenvalue weighted by atomic mass is 35.5. The second-order valence-corrected chi connectivity index (χ2v) is 7.96. The molecule has 0 spiro atoms. The van der Waals surface area contributed by atoms with Gasteiger partial charge in [0.2, 0.25) is 5.92 Å². The zero-order valence-electron chi connectivity index (χ0n) is 16.4. The molecule has 1 aliphatic carbocycles. The fourth-order valence-electron chi connectivity index (χ4n) is 4.32. The van der Waals surface area contributed by atoms with E-state index in [1.807, 2.05) is 4.90 Å². The van der Waals surface area contributed by atoms with E-state index in [0.717, 1.165) is 25.9 Å². The van der Waals surface area contributed by atoms with E-state index in [1.54, 1.807) is 30.3 Å². The lowest BCUT2D eigenvalue weighted by Gasteiger charge is -2.33. The van der Waals surface area contributed by atoms with Crippen molar-refractivity contribution in [2.75, 3.05) is 19.7 Å². The second kappa shape index (κ2) is 9.85. The van der Waals surface area contributed by atoms with Gasteiger partial charge in [-0.15, -0.1) is 12.4 Å². The van der Waals surface area contributed by atoms with E-state index in [2.05, 4.69) is 0 Å². The van der Waals surface area contributed by atoms with E-state index in [9.17, 15) is 18.7 Å². The molecule has 0 amide bonds. The summed E-state index contributed by atoms with van der Waals surface area (Å²) in [6, 6.07) is 8.28. The van der Waals surface area contributed by atoms with Gasteiger partial charge in [-0.1, -0.05) is 30.3 Å². The van der Waals surface area contributed by atoms with Gasteiger partial charge in [0.15, 0.2) is 5.60 Å². The van der Waals surface area contributed by atoms with Crippen LogP contribution in [0.2, 0.25) is 0 Å².